The van der Waals surface area contributed by atoms with Crippen LogP contribution in [-0.2, 0) is 0 Å². The zero-order valence-corrected chi connectivity index (χ0v) is 28.5. The molecular weight excluding hydrogens is 647 g/mol. The highest BCUT2D eigenvalue weighted by atomic mass is 127. The Balaban J connectivity index is 1.57. The maximum absolute atomic E-state index is 3.30. The largest absolute Gasteiger partial charge is 0.196 e. The third-order valence-electron chi connectivity index (χ3n) is 9.86. The van der Waals surface area contributed by atoms with E-state index in [9.17, 15) is 0 Å². The molecule has 212 valence electrons. The Morgan fingerprint density at radius 1 is 0.561 bits per heavy atom. The lowest BCUT2D eigenvalue weighted by atomic mass is 10.0. The molecule has 4 aromatic carbocycles. The lowest BCUT2D eigenvalue weighted by Crippen LogP contribution is -2.30. The topological polar surface area (TPSA) is 3.24 Å². The Morgan fingerprint density at radius 3 is 1.22 bits per heavy atom. The first-order chi connectivity index (χ1) is 20.1. The van der Waals surface area contributed by atoms with Crippen LogP contribution >= 0.6 is 34.5 Å². The first-order valence-electron chi connectivity index (χ1n) is 15.5. The lowest BCUT2D eigenvalue weighted by Gasteiger charge is -2.45. The lowest BCUT2D eigenvalue weighted by molar-refractivity contribution is 0.607. The van der Waals surface area contributed by atoms with Crippen LogP contribution in [0.2, 0.25) is 0 Å². The molecule has 0 radical (unpaired) electrons. The van der Waals surface area contributed by atoms with Crippen LogP contribution < -0.4 is 0 Å². The molecule has 2 saturated heterocycles. The highest BCUT2D eigenvalue weighted by Crippen LogP contribution is 3.01. The van der Waals surface area contributed by atoms with Crippen LogP contribution in [0, 0.1) is 0 Å². The third-order valence-corrected chi connectivity index (χ3v) is 27.1. The van der Waals surface area contributed by atoms with Gasteiger partial charge in [0.05, 0.1) is 13.2 Å². The summed E-state index contributed by atoms with van der Waals surface area (Å²) in [4.78, 5) is 0. The molecule has 0 spiro atoms. The number of benzene rings is 4. The zero-order chi connectivity index (χ0) is 28.3. The number of hydrogen-bond acceptors (Lipinski definition) is 1. The molecule has 2 heterocycles. The Kier molecular flexibility index (Phi) is 9.33. The summed E-state index contributed by atoms with van der Waals surface area (Å²) in [7, 11) is -1.68. The molecule has 0 N–H and O–H groups in total. The Hall–Kier alpha value is -1.57. The zero-order valence-electron chi connectivity index (χ0n) is 24.5. The minimum atomic E-state index is -1.70. The second kappa shape index (κ2) is 13.0. The van der Waals surface area contributed by atoms with Gasteiger partial charge in [-0.05, 0) is 54.4 Å². The number of halogens is 1. The SMILES string of the molecule is CCCCN([P+]1(C)[C@H](c2ccccc2)CC[C@H]1c1ccccc1)[P+]1(I)[C@H](c2ccccc2)CC[C@H]1c1ccccc1. The van der Waals surface area contributed by atoms with E-state index in [1.54, 1.807) is 22.3 Å². The average Bonchev–Trinajstić information content (AvgIpc) is 3.56. The van der Waals surface area contributed by atoms with E-state index < -0.39 is 12.5 Å². The molecule has 0 amide bonds. The highest BCUT2D eigenvalue weighted by Gasteiger charge is 2.73. The summed E-state index contributed by atoms with van der Waals surface area (Å²) < 4.78 is 3.30. The van der Waals surface area contributed by atoms with Gasteiger partial charge in [0, 0.05) is 0 Å². The first-order valence-corrected chi connectivity index (χ1v) is 22.5. The molecule has 2 fully saturated rings. The van der Waals surface area contributed by atoms with Gasteiger partial charge in [-0.3, -0.25) is 0 Å². The van der Waals surface area contributed by atoms with Crippen molar-refractivity contribution in [2.45, 2.75) is 68.1 Å². The van der Waals surface area contributed by atoms with Crippen molar-refractivity contribution in [2.75, 3.05) is 13.2 Å². The smallest absolute Gasteiger partial charge is 0.0653 e. The summed E-state index contributed by atoms with van der Waals surface area (Å²) in [6.45, 7) is 6.39. The molecule has 6 rings (SSSR count). The van der Waals surface area contributed by atoms with Crippen LogP contribution in [0.15, 0.2) is 121 Å². The van der Waals surface area contributed by atoms with E-state index in [1.165, 1.54) is 45.1 Å². The molecule has 4 aromatic rings. The van der Waals surface area contributed by atoms with Crippen molar-refractivity contribution in [1.82, 2.24) is 4.44 Å². The summed E-state index contributed by atoms with van der Waals surface area (Å²) >= 11 is 3.12. The Bertz CT molecular complexity index is 1180. The van der Waals surface area contributed by atoms with Gasteiger partial charge in [0.2, 0.25) is 0 Å². The maximum Gasteiger partial charge on any atom is 0.196 e. The molecule has 2 aliphatic heterocycles. The summed E-state index contributed by atoms with van der Waals surface area (Å²) in [5, 5.41) is -1.70. The molecule has 0 unspecified atom stereocenters. The molecule has 0 saturated carbocycles. The number of hydrogen-bond donors (Lipinski definition) is 0. The van der Waals surface area contributed by atoms with Gasteiger partial charge in [-0.2, -0.15) is 0 Å². The van der Waals surface area contributed by atoms with Crippen LogP contribution in [0.25, 0.3) is 0 Å². The van der Waals surface area contributed by atoms with E-state index in [2.05, 4.69) is 161 Å². The maximum atomic E-state index is 3.30. The summed E-state index contributed by atoms with van der Waals surface area (Å²) in [5.41, 5.74) is 8.71. The Labute approximate surface area is 262 Å². The number of rotatable bonds is 9. The van der Waals surface area contributed by atoms with Crippen molar-refractivity contribution in [3.63, 3.8) is 0 Å². The fourth-order valence-electron chi connectivity index (χ4n) is 7.95. The number of unbranched alkanes of at least 4 members (excludes halogenated alkanes) is 1. The summed E-state index contributed by atoms with van der Waals surface area (Å²) in [5.74, 6) is 0. The van der Waals surface area contributed by atoms with Crippen LogP contribution in [0.3, 0.4) is 0 Å². The molecule has 0 aliphatic carbocycles. The minimum absolute atomic E-state index is 0.608. The Morgan fingerprint density at radius 2 is 0.878 bits per heavy atom. The molecule has 41 heavy (non-hydrogen) atoms. The molecule has 0 bridgehead atoms. The fourth-order valence-corrected chi connectivity index (χ4v) is 28.1. The van der Waals surface area contributed by atoms with Crippen molar-refractivity contribution < 1.29 is 0 Å². The van der Waals surface area contributed by atoms with Gasteiger partial charge < -0.3 is 0 Å². The van der Waals surface area contributed by atoms with Crippen LogP contribution in [0.4, 0.5) is 0 Å². The van der Waals surface area contributed by atoms with E-state index >= 15 is 0 Å². The van der Waals surface area contributed by atoms with E-state index in [0.29, 0.717) is 22.6 Å². The normalized spacial score (nSPS) is 25.0. The fraction of sp³-hybridized carbons (Fsp3) is 0.351. The van der Waals surface area contributed by atoms with Gasteiger partial charge in [0.25, 0.3) is 0 Å². The number of nitrogens with zero attached hydrogens (tertiary/aromatic N) is 1. The second-order valence-corrected chi connectivity index (χ2v) is 24.0. The van der Waals surface area contributed by atoms with Crippen LogP contribution in [0.5, 0.6) is 0 Å². The average molecular weight is 692 g/mol. The van der Waals surface area contributed by atoms with Gasteiger partial charge in [-0.25, -0.2) is 0 Å². The van der Waals surface area contributed by atoms with Gasteiger partial charge >= 0.3 is 0 Å². The van der Waals surface area contributed by atoms with Gasteiger partial charge in [-0.1, -0.05) is 139 Å². The minimum Gasteiger partial charge on any atom is -0.0653 e. The van der Waals surface area contributed by atoms with Crippen LogP contribution in [0.1, 0.15) is 90.3 Å². The van der Waals surface area contributed by atoms with Gasteiger partial charge in [-0.15, -0.1) is 0 Å². The molecule has 1 nitrogen and oxygen atoms in total. The molecule has 2 aliphatic rings. The van der Waals surface area contributed by atoms with Crippen molar-refractivity contribution in [3.8, 4) is 0 Å². The standard InChI is InChI=1S/C37H44INP2/c1-3-4-29-39(40(2)34(30-17-9-5-10-18-30)25-26-35(40)31-19-11-6-12-20-31)41(38)36(32-21-13-7-14-22-32)27-28-37(41)33-23-15-8-16-24-33/h5-24,34-37H,3-4,25-29H2,1-2H3/q+2/t34-,35-,36-,37-/m0/s1. The molecular formula is C37H44INP2+2. The van der Waals surface area contributed by atoms with Crippen molar-refractivity contribution in [2.24, 2.45) is 0 Å². The predicted octanol–water partition coefficient (Wildman–Crippen LogP) is 12.5. The third kappa shape index (κ3) is 5.48. The summed E-state index contributed by atoms with van der Waals surface area (Å²) in [6, 6.07) is 46.4. The van der Waals surface area contributed by atoms with E-state index in [4.69, 9.17) is 0 Å². The first kappa shape index (κ1) is 29.5. The van der Waals surface area contributed by atoms with Crippen molar-refractivity contribution in [1.29, 1.82) is 0 Å². The van der Waals surface area contributed by atoms with E-state index in [0.717, 1.165) is 0 Å². The second-order valence-electron chi connectivity index (χ2n) is 12.1. The van der Waals surface area contributed by atoms with E-state index in [1.807, 2.05) is 0 Å². The summed E-state index contributed by atoms with van der Waals surface area (Å²) in [6.07, 6.45) is 7.67. The molecule has 0 aromatic heterocycles. The van der Waals surface area contributed by atoms with Gasteiger partial charge in [0.1, 0.15) is 30.0 Å². The van der Waals surface area contributed by atoms with Crippen molar-refractivity contribution >= 4 is 34.5 Å². The predicted molar refractivity (Wildman–Crippen MR) is 191 cm³/mol. The van der Waals surface area contributed by atoms with Gasteiger partial charge in [0.15, 0.2) is 27.1 Å². The highest BCUT2D eigenvalue weighted by molar-refractivity contribution is 14.2. The monoisotopic (exact) mass is 691 g/mol. The van der Waals surface area contributed by atoms with Crippen LogP contribution in [-0.4, -0.2) is 17.7 Å². The van der Waals surface area contributed by atoms with E-state index in [-0.39, 0.29) is 0 Å². The molecule has 4 heteroatoms. The molecule has 4 atom stereocenters. The van der Waals surface area contributed by atoms with Crippen molar-refractivity contribution in [3.05, 3.63) is 144 Å². The quantitative estimate of drug-likeness (QED) is 0.125.